The van der Waals surface area contributed by atoms with E-state index in [1.54, 1.807) is 25.1 Å². The van der Waals surface area contributed by atoms with Crippen molar-refractivity contribution in [2.45, 2.75) is 10.7 Å². The number of ether oxygens (including phenoxy) is 1. The van der Waals surface area contributed by atoms with Gasteiger partial charge < -0.3 is 4.74 Å². The molecular weight excluding hydrogens is 246 g/mol. The molecule has 0 fully saturated rings. The van der Waals surface area contributed by atoms with Crippen LogP contribution in [0, 0.1) is 6.92 Å². The van der Waals surface area contributed by atoms with Crippen LogP contribution in [0.2, 0.25) is 0 Å². The Morgan fingerprint density at radius 3 is 2.36 bits per heavy atom. The largest absolute Gasteiger partial charge is 0.423 e. The highest BCUT2D eigenvalue weighted by Gasteiger charge is 2.33. The summed E-state index contributed by atoms with van der Waals surface area (Å²) in [4.78, 5) is 11.2. The van der Waals surface area contributed by atoms with Crippen LogP contribution in [0.25, 0.3) is 0 Å². The number of rotatable bonds is 1. The average molecular weight is 254 g/mol. The van der Waals surface area contributed by atoms with Gasteiger partial charge in [0.25, 0.3) is 3.79 Å². The second-order valence-electron chi connectivity index (χ2n) is 2.65. The van der Waals surface area contributed by atoms with Crippen molar-refractivity contribution in [2.24, 2.45) is 0 Å². The third kappa shape index (κ3) is 3.05. The Bertz CT molecular complexity index is 344. The van der Waals surface area contributed by atoms with E-state index in [1.807, 2.05) is 6.07 Å². The molecule has 0 aliphatic heterocycles. The number of carbonyl (C=O) groups excluding carboxylic acids is 1. The molecule has 0 aliphatic carbocycles. The van der Waals surface area contributed by atoms with Crippen molar-refractivity contribution in [2.75, 3.05) is 0 Å². The molecule has 0 saturated heterocycles. The van der Waals surface area contributed by atoms with Crippen molar-refractivity contribution >= 4 is 40.8 Å². The fourth-order valence-electron chi connectivity index (χ4n) is 0.829. The van der Waals surface area contributed by atoms with E-state index < -0.39 is 9.76 Å². The Hall–Kier alpha value is -0.440. The highest BCUT2D eigenvalue weighted by molar-refractivity contribution is 6.75. The lowest BCUT2D eigenvalue weighted by Gasteiger charge is -2.11. The summed E-state index contributed by atoms with van der Waals surface area (Å²) in [6.45, 7) is 1.79. The first-order valence-corrected chi connectivity index (χ1v) is 4.89. The second-order valence-corrected chi connectivity index (χ2v) is 4.93. The molecule has 76 valence electrons. The first-order chi connectivity index (χ1) is 6.41. The summed E-state index contributed by atoms with van der Waals surface area (Å²) in [5.41, 5.74) is 0.801. The first kappa shape index (κ1) is 11.6. The number of benzene rings is 1. The van der Waals surface area contributed by atoms with Crippen LogP contribution in [-0.4, -0.2) is 9.76 Å². The highest BCUT2D eigenvalue weighted by Crippen LogP contribution is 2.29. The van der Waals surface area contributed by atoms with Gasteiger partial charge in [-0.15, -0.1) is 0 Å². The fraction of sp³-hybridized carbons (Fsp3) is 0.222. The Kier molecular flexibility index (Phi) is 3.65. The lowest BCUT2D eigenvalue weighted by Crippen LogP contribution is -2.24. The number of aryl methyl sites for hydroxylation is 1. The van der Waals surface area contributed by atoms with E-state index in [9.17, 15) is 4.79 Å². The maximum atomic E-state index is 11.2. The van der Waals surface area contributed by atoms with E-state index >= 15 is 0 Å². The van der Waals surface area contributed by atoms with Crippen LogP contribution in [0.5, 0.6) is 5.75 Å². The zero-order valence-electron chi connectivity index (χ0n) is 7.26. The van der Waals surface area contributed by atoms with Gasteiger partial charge in [0.15, 0.2) is 0 Å². The van der Waals surface area contributed by atoms with Crippen LogP contribution in [0.4, 0.5) is 0 Å². The summed E-state index contributed by atoms with van der Waals surface area (Å²) < 4.78 is 2.84. The van der Waals surface area contributed by atoms with E-state index in [2.05, 4.69) is 0 Å². The van der Waals surface area contributed by atoms with Crippen LogP contribution >= 0.6 is 34.8 Å². The van der Waals surface area contributed by atoms with Crippen molar-refractivity contribution in [3.05, 3.63) is 29.8 Å². The summed E-state index contributed by atoms with van der Waals surface area (Å²) in [6.07, 6.45) is 0. The van der Waals surface area contributed by atoms with E-state index in [0.717, 1.165) is 5.56 Å². The smallest absolute Gasteiger partial charge is 0.363 e. The number of carbonyl (C=O) groups is 1. The molecule has 0 radical (unpaired) electrons. The number of esters is 1. The molecule has 5 heteroatoms. The molecule has 0 atom stereocenters. The van der Waals surface area contributed by atoms with Gasteiger partial charge >= 0.3 is 5.97 Å². The molecule has 0 aliphatic rings. The summed E-state index contributed by atoms with van der Waals surface area (Å²) in [7, 11) is 0. The Morgan fingerprint density at radius 1 is 1.29 bits per heavy atom. The third-order valence-electron chi connectivity index (χ3n) is 1.53. The summed E-state index contributed by atoms with van der Waals surface area (Å²) in [5.74, 6) is -0.513. The Balaban J connectivity index is 2.80. The zero-order valence-corrected chi connectivity index (χ0v) is 9.53. The van der Waals surface area contributed by atoms with Gasteiger partial charge in [-0.2, -0.15) is 0 Å². The summed E-state index contributed by atoms with van der Waals surface area (Å²) in [5, 5.41) is 0. The zero-order chi connectivity index (χ0) is 10.8. The SMILES string of the molecule is Cc1ccccc1OC(=O)C(Cl)(Cl)Cl. The molecule has 2 nitrogen and oxygen atoms in total. The van der Waals surface area contributed by atoms with Crippen molar-refractivity contribution in [1.82, 2.24) is 0 Å². The standard InChI is InChI=1S/C9H7Cl3O2/c1-6-4-2-3-5-7(6)14-8(13)9(10,11)12/h2-5H,1H3. The molecule has 0 saturated carbocycles. The van der Waals surface area contributed by atoms with Crippen molar-refractivity contribution in [3.8, 4) is 5.75 Å². The monoisotopic (exact) mass is 252 g/mol. The number of hydrogen-bond donors (Lipinski definition) is 0. The van der Waals surface area contributed by atoms with Gasteiger partial charge in [0.2, 0.25) is 0 Å². The summed E-state index contributed by atoms with van der Waals surface area (Å²) in [6, 6.07) is 6.97. The van der Waals surface area contributed by atoms with Crippen molar-refractivity contribution in [3.63, 3.8) is 0 Å². The van der Waals surface area contributed by atoms with Gasteiger partial charge in [-0.25, -0.2) is 4.79 Å². The molecule has 0 unspecified atom stereocenters. The molecule has 1 rings (SSSR count). The van der Waals surface area contributed by atoms with Crippen LogP contribution in [0.15, 0.2) is 24.3 Å². The molecule has 0 aromatic heterocycles. The number of para-hydroxylation sites is 1. The van der Waals surface area contributed by atoms with Crippen LogP contribution in [0.1, 0.15) is 5.56 Å². The van der Waals surface area contributed by atoms with E-state index in [0.29, 0.717) is 5.75 Å². The fourth-order valence-corrected chi connectivity index (χ4v) is 0.944. The second kappa shape index (κ2) is 4.39. The molecule has 0 heterocycles. The number of hydrogen-bond acceptors (Lipinski definition) is 2. The minimum absolute atomic E-state index is 0.392. The van der Waals surface area contributed by atoms with Crippen LogP contribution in [0.3, 0.4) is 0 Å². The lowest BCUT2D eigenvalue weighted by atomic mass is 10.2. The molecule has 0 bridgehead atoms. The van der Waals surface area contributed by atoms with Crippen LogP contribution < -0.4 is 4.74 Å². The maximum absolute atomic E-state index is 11.2. The Labute approximate surface area is 96.7 Å². The van der Waals surface area contributed by atoms with Crippen molar-refractivity contribution in [1.29, 1.82) is 0 Å². The number of alkyl halides is 3. The van der Waals surface area contributed by atoms with Gasteiger partial charge in [-0.1, -0.05) is 53.0 Å². The minimum Gasteiger partial charge on any atom is -0.423 e. The van der Waals surface area contributed by atoms with E-state index in [1.165, 1.54) is 0 Å². The molecular formula is C9H7Cl3O2. The molecule has 0 spiro atoms. The van der Waals surface area contributed by atoms with Gasteiger partial charge in [-0.05, 0) is 18.6 Å². The molecule has 0 amide bonds. The lowest BCUT2D eigenvalue weighted by molar-refractivity contribution is -0.133. The Morgan fingerprint density at radius 2 is 1.86 bits per heavy atom. The average Bonchev–Trinajstić information content (AvgIpc) is 2.07. The van der Waals surface area contributed by atoms with E-state index in [4.69, 9.17) is 39.5 Å². The normalized spacial score (nSPS) is 11.1. The van der Waals surface area contributed by atoms with Crippen molar-refractivity contribution < 1.29 is 9.53 Å². The summed E-state index contributed by atoms with van der Waals surface area (Å²) >= 11 is 16.0. The van der Waals surface area contributed by atoms with Crippen LogP contribution in [-0.2, 0) is 4.79 Å². The molecule has 1 aromatic rings. The minimum atomic E-state index is -2.04. The van der Waals surface area contributed by atoms with E-state index in [-0.39, 0.29) is 0 Å². The first-order valence-electron chi connectivity index (χ1n) is 3.76. The topological polar surface area (TPSA) is 26.3 Å². The predicted octanol–water partition coefficient (Wildman–Crippen LogP) is 3.27. The molecule has 14 heavy (non-hydrogen) atoms. The predicted molar refractivity (Wildman–Crippen MR) is 57.1 cm³/mol. The van der Waals surface area contributed by atoms with Gasteiger partial charge in [0, 0.05) is 0 Å². The molecule has 1 aromatic carbocycles. The highest BCUT2D eigenvalue weighted by atomic mass is 35.6. The molecule has 0 N–H and O–H groups in total. The van der Waals surface area contributed by atoms with Gasteiger partial charge in [0.05, 0.1) is 0 Å². The van der Waals surface area contributed by atoms with Gasteiger partial charge in [0.1, 0.15) is 5.75 Å². The third-order valence-corrected chi connectivity index (χ3v) is 1.99. The maximum Gasteiger partial charge on any atom is 0.363 e. The van der Waals surface area contributed by atoms with Gasteiger partial charge in [-0.3, -0.25) is 0 Å². The quantitative estimate of drug-likeness (QED) is 0.436. The number of halogens is 3.